The van der Waals surface area contributed by atoms with Crippen molar-refractivity contribution in [1.82, 2.24) is 5.32 Å². The molecule has 0 spiro atoms. The van der Waals surface area contributed by atoms with Crippen molar-refractivity contribution in [3.05, 3.63) is 35.9 Å². The first-order chi connectivity index (χ1) is 10.5. The van der Waals surface area contributed by atoms with Crippen molar-refractivity contribution in [3.8, 4) is 0 Å². The molecule has 0 unspecified atom stereocenters. The van der Waals surface area contributed by atoms with Crippen molar-refractivity contribution in [2.75, 3.05) is 0 Å². The van der Waals surface area contributed by atoms with E-state index in [0.717, 1.165) is 31.2 Å². The van der Waals surface area contributed by atoms with Crippen LogP contribution in [0.1, 0.15) is 52.0 Å². The van der Waals surface area contributed by atoms with Crippen LogP contribution in [0.15, 0.2) is 30.3 Å². The Morgan fingerprint density at radius 1 is 1.14 bits per heavy atom. The highest BCUT2D eigenvalue weighted by Gasteiger charge is 2.20. The minimum atomic E-state index is -0.621. The Morgan fingerprint density at radius 3 is 2.45 bits per heavy atom. The van der Waals surface area contributed by atoms with Gasteiger partial charge in [-0.05, 0) is 18.9 Å². The topological polar surface area (TPSA) is 55.4 Å². The van der Waals surface area contributed by atoms with E-state index in [4.69, 9.17) is 4.74 Å². The summed E-state index contributed by atoms with van der Waals surface area (Å²) in [5.41, 5.74) is 0.933. The maximum atomic E-state index is 12.0. The van der Waals surface area contributed by atoms with E-state index in [9.17, 15) is 9.59 Å². The number of hydrogen-bond donors (Lipinski definition) is 1. The number of hydrogen-bond acceptors (Lipinski definition) is 3. The van der Waals surface area contributed by atoms with Crippen molar-refractivity contribution in [1.29, 1.82) is 0 Å². The van der Waals surface area contributed by atoms with E-state index in [1.165, 1.54) is 0 Å². The average molecular weight is 305 g/mol. The van der Waals surface area contributed by atoms with E-state index in [-0.39, 0.29) is 18.4 Å². The highest BCUT2D eigenvalue weighted by molar-refractivity contribution is 5.85. The Hall–Kier alpha value is -1.84. The minimum absolute atomic E-state index is 0.0732. The molecule has 1 aromatic carbocycles. The normalized spacial score (nSPS) is 13.2. The van der Waals surface area contributed by atoms with Gasteiger partial charge in [-0.25, -0.2) is 4.79 Å². The summed E-state index contributed by atoms with van der Waals surface area (Å²) in [6.07, 6.45) is 4.16. The van der Waals surface area contributed by atoms with Gasteiger partial charge in [-0.1, -0.05) is 63.4 Å². The highest BCUT2D eigenvalue weighted by Crippen LogP contribution is 2.10. The summed E-state index contributed by atoms with van der Waals surface area (Å²) < 4.78 is 5.22. The minimum Gasteiger partial charge on any atom is -0.459 e. The van der Waals surface area contributed by atoms with Crippen LogP contribution >= 0.6 is 0 Å². The molecule has 1 N–H and O–H groups in total. The summed E-state index contributed by atoms with van der Waals surface area (Å²) in [6.45, 7) is 5.92. The van der Waals surface area contributed by atoms with E-state index in [0.29, 0.717) is 0 Å². The largest absolute Gasteiger partial charge is 0.459 e. The number of carbonyl (C=O) groups excluding carboxylic acids is 2. The third-order valence-electron chi connectivity index (χ3n) is 3.62. The molecule has 0 aromatic heterocycles. The molecule has 4 heteroatoms. The molecule has 1 aromatic rings. The van der Waals surface area contributed by atoms with Gasteiger partial charge in [0.15, 0.2) is 0 Å². The first-order valence-corrected chi connectivity index (χ1v) is 8.05. The summed E-state index contributed by atoms with van der Waals surface area (Å²) in [5, 5.41) is 2.73. The Morgan fingerprint density at radius 2 is 1.82 bits per heavy atom. The first-order valence-electron chi connectivity index (χ1n) is 8.05. The zero-order valence-corrected chi connectivity index (χ0v) is 13.8. The zero-order chi connectivity index (χ0) is 16.4. The van der Waals surface area contributed by atoms with E-state index >= 15 is 0 Å². The Balaban J connectivity index is 2.32. The molecule has 122 valence electrons. The molecule has 0 saturated carbocycles. The Bertz CT molecular complexity index is 459. The molecule has 0 bridgehead atoms. The van der Waals surface area contributed by atoms with Crippen molar-refractivity contribution in [2.24, 2.45) is 5.92 Å². The Kier molecular flexibility index (Phi) is 8.26. The van der Waals surface area contributed by atoms with Crippen LogP contribution in [0.2, 0.25) is 0 Å². The molecule has 22 heavy (non-hydrogen) atoms. The van der Waals surface area contributed by atoms with Gasteiger partial charge in [-0.15, -0.1) is 0 Å². The Labute approximate surface area is 133 Å². The van der Waals surface area contributed by atoms with Crippen molar-refractivity contribution in [3.63, 3.8) is 0 Å². The summed E-state index contributed by atoms with van der Waals surface area (Å²) >= 11 is 0. The fraction of sp³-hybridized carbons (Fsp3) is 0.556. The smallest absolute Gasteiger partial charge is 0.328 e. The van der Waals surface area contributed by atoms with E-state index in [1.807, 2.05) is 37.3 Å². The maximum Gasteiger partial charge on any atom is 0.328 e. The maximum absolute atomic E-state index is 12.0. The number of rotatable bonds is 9. The molecule has 0 saturated heterocycles. The molecule has 1 rings (SSSR count). The standard InChI is InChI=1S/C18H27NO3/c1-4-5-7-10-14(2)17(20)19-15(3)18(21)22-13-16-11-8-6-9-12-16/h6,8-9,11-12,14-15H,4-5,7,10,13H2,1-3H3,(H,19,20)/t14-,15-/m0/s1. The molecule has 0 aliphatic rings. The van der Waals surface area contributed by atoms with Gasteiger partial charge < -0.3 is 10.1 Å². The van der Waals surface area contributed by atoms with Gasteiger partial charge in [0.1, 0.15) is 12.6 Å². The molecule has 2 atom stereocenters. The van der Waals surface area contributed by atoms with Gasteiger partial charge in [0.25, 0.3) is 0 Å². The molecule has 0 heterocycles. The third kappa shape index (κ3) is 6.74. The van der Waals surface area contributed by atoms with Crippen molar-refractivity contribution in [2.45, 2.75) is 59.1 Å². The van der Waals surface area contributed by atoms with Crippen LogP contribution in [0.25, 0.3) is 0 Å². The van der Waals surface area contributed by atoms with Crippen LogP contribution in [0.4, 0.5) is 0 Å². The van der Waals surface area contributed by atoms with E-state index in [1.54, 1.807) is 6.92 Å². The summed E-state index contributed by atoms with van der Waals surface area (Å²) in [7, 11) is 0. The molecular weight excluding hydrogens is 278 g/mol. The quantitative estimate of drug-likeness (QED) is 0.561. The lowest BCUT2D eigenvalue weighted by Gasteiger charge is -2.16. The fourth-order valence-corrected chi connectivity index (χ4v) is 2.10. The molecule has 0 fully saturated rings. The number of benzene rings is 1. The second-order valence-corrected chi connectivity index (χ2v) is 5.72. The third-order valence-corrected chi connectivity index (χ3v) is 3.62. The second kappa shape index (κ2) is 9.98. The molecule has 4 nitrogen and oxygen atoms in total. The van der Waals surface area contributed by atoms with Crippen LogP contribution in [-0.4, -0.2) is 17.9 Å². The number of esters is 1. The van der Waals surface area contributed by atoms with Gasteiger partial charge in [-0.3, -0.25) is 4.79 Å². The van der Waals surface area contributed by atoms with E-state index in [2.05, 4.69) is 12.2 Å². The number of ether oxygens (including phenoxy) is 1. The monoisotopic (exact) mass is 305 g/mol. The van der Waals surface area contributed by atoms with Crippen LogP contribution in [-0.2, 0) is 20.9 Å². The molecule has 0 aliphatic heterocycles. The van der Waals surface area contributed by atoms with Crippen molar-refractivity contribution >= 4 is 11.9 Å². The number of unbranched alkanes of at least 4 members (excludes halogenated alkanes) is 2. The molecule has 1 amide bonds. The number of amides is 1. The highest BCUT2D eigenvalue weighted by atomic mass is 16.5. The van der Waals surface area contributed by atoms with E-state index < -0.39 is 12.0 Å². The lowest BCUT2D eigenvalue weighted by molar-refractivity contribution is -0.149. The van der Waals surface area contributed by atoms with Crippen LogP contribution < -0.4 is 5.32 Å². The van der Waals surface area contributed by atoms with Crippen molar-refractivity contribution < 1.29 is 14.3 Å². The lowest BCUT2D eigenvalue weighted by atomic mass is 10.0. The summed E-state index contributed by atoms with van der Waals surface area (Å²) in [4.78, 5) is 23.9. The molecule has 0 aliphatic carbocycles. The van der Waals surface area contributed by atoms with Gasteiger partial charge in [0.05, 0.1) is 0 Å². The van der Waals surface area contributed by atoms with Crippen LogP contribution in [0.5, 0.6) is 0 Å². The van der Waals surface area contributed by atoms with Gasteiger partial charge in [-0.2, -0.15) is 0 Å². The SMILES string of the molecule is CCCCC[C@H](C)C(=O)N[C@@H](C)C(=O)OCc1ccccc1. The van der Waals surface area contributed by atoms with Crippen LogP contribution in [0, 0.1) is 5.92 Å². The predicted octanol–water partition coefficient (Wildman–Crippen LogP) is 3.45. The number of carbonyl (C=O) groups is 2. The summed E-state index contributed by atoms with van der Waals surface area (Å²) in [6, 6.07) is 8.87. The molecule has 0 radical (unpaired) electrons. The first kappa shape index (κ1) is 18.2. The van der Waals surface area contributed by atoms with Gasteiger partial charge in [0, 0.05) is 5.92 Å². The lowest BCUT2D eigenvalue weighted by Crippen LogP contribution is -2.42. The zero-order valence-electron chi connectivity index (χ0n) is 13.8. The fourth-order valence-electron chi connectivity index (χ4n) is 2.10. The average Bonchev–Trinajstić information content (AvgIpc) is 2.53. The number of nitrogens with one attached hydrogen (secondary N) is 1. The second-order valence-electron chi connectivity index (χ2n) is 5.72. The van der Waals surface area contributed by atoms with Gasteiger partial charge >= 0.3 is 5.97 Å². The van der Waals surface area contributed by atoms with Crippen LogP contribution in [0.3, 0.4) is 0 Å². The van der Waals surface area contributed by atoms with Gasteiger partial charge in [0.2, 0.25) is 5.91 Å². The molecular formula is C18H27NO3. The summed E-state index contributed by atoms with van der Waals surface area (Å²) in [5.74, 6) is -0.561. The predicted molar refractivity (Wildman–Crippen MR) is 87.1 cm³/mol.